The number of likely N-dealkylation sites (tertiary alicyclic amines) is 1. The predicted molar refractivity (Wildman–Crippen MR) is 99.2 cm³/mol. The summed E-state index contributed by atoms with van der Waals surface area (Å²) in [5.74, 6) is 0.451. The van der Waals surface area contributed by atoms with Gasteiger partial charge >= 0.3 is 0 Å². The number of piperidine rings is 1. The highest BCUT2D eigenvalue weighted by Crippen LogP contribution is 2.45. The van der Waals surface area contributed by atoms with Crippen LogP contribution in [0.25, 0.3) is 0 Å². The van der Waals surface area contributed by atoms with Crippen molar-refractivity contribution in [1.29, 1.82) is 0 Å². The lowest BCUT2D eigenvalue weighted by molar-refractivity contribution is -0.142. The fraction of sp³-hybridized carbons (Fsp3) is 0.619. The molecule has 4 heteroatoms. The molecule has 0 atom stereocenters. The molecule has 2 aliphatic rings. The molecule has 1 aliphatic carbocycles. The van der Waals surface area contributed by atoms with Crippen LogP contribution in [0.2, 0.25) is 0 Å². The smallest absolute Gasteiger partial charge is 0.233 e. The molecule has 0 bridgehead atoms. The van der Waals surface area contributed by atoms with Crippen molar-refractivity contribution in [2.75, 3.05) is 13.1 Å². The fourth-order valence-electron chi connectivity index (χ4n) is 4.08. The lowest BCUT2D eigenvalue weighted by Gasteiger charge is -2.45. The van der Waals surface area contributed by atoms with Crippen LogP contribution in [0.1, 0.15) is 63.9 Å². The molecule has 1 heterocycles. The van der Waals surface area contributed by atoms with Gasteiger partial charge in [0.05, 0.1) is 5.41 Å². The Kier molecular flexibility index (Phi) is 5.77. The maximum atomic E-state index is 13.2. The highest BCUT2D eigenvalue weighted by Gasteiger charge is 2.47. The minimum atomic E-state index is -0.293. The van der Waals surface area contributed by atoms with E-state index in [1.54, 1.807) is 0 Å². The monoisotopic (exact) mass is 342 g/mol. The van der Waals surface area contributed by atoms with Gasteiger partial charge in [0.2, 0.25) is 11.8 Å². The predicted octanol–water partition coefficient (Wildman–Crippen LogP) is 3.41. The van der Waals surface area contributed by atoms with Gasteiger partial charge in [-0.25, -0.2) is 0 Å². The summed E-state index contributed by atoms with van der Waals surface area (Å²) in [4.78, 5) is 27.1. The zero-order chi connectivity index (χ0) is 17.7. The SMILES string of the molecule is CCCCC(=O)NC1CCN(C(=O)C2(c3ccccc3)CCC2)CC1. The van der Waals surface area contributed by atoms with Gasteiger partial charge in [0.15, 0.2) is 0 Å². The second-order valence-corrected chi connectivity index (χ2v) is 7.54. The molecule has 0 spiro atoms. The molecule has 1 saturated carbocycles. The van der Waals surface area contributed by atoms with Crippen molar-refractivity contribution in [2.45, 2.75) is 69.7 Å². The minimum Gasteiger partial charge on any atom is -0.353 e. The van der Waals surface area contributed by atoms with E-state index in [-0.39, 0.29) is 17.4 Å². The van der Waals surface area contributed by atoms with Gasteiger partial charge in [-0.05, 0) is 37.7 Å². The summed E-state index contributed by atoms with van der Waals surface area (Å²) in [6.07, 6.45) is 7.40. The largest absolute Gasteiger partial charge is 0.353 e. The lowest BCUT2D eigenvalue weighted by Crippen LogP contribution is -2.55. The molecule has 1 aromatic rings. The number of nitrogens with zero attached hydrogens (tertiary/aromatic N) is 1. The van der Waals surface area contributed by atoms with Crippen molar-refractivity contribution < 1.29 is 9.59 Å². The highest BCUT2D eigenvalue weighted by molar-refractivity contribution is 5.89. The molecule has 2 fully saturated rings. The molecule has 0 unspecified atom stereocenters. The van der Waals surface area contributed by atoms with E-state index in [0.29, 0.717) is 12.3 Å². The Morgan fingerprint density at radius 3 is 2.40 bits per heavy atom. The molecule has 3 rings (SSSR count). The summed E-state index contributed by atoms with van der Waals surface area (Å²) < 4.78 is 0. The maximum absolute atomic E-state index is 13.2. The third kappa shape index (κ3) is 3.88. The van der Waals surface area contributed by atoms with Gasteiger partial charge in [0.1, 0.15) is 0 Å². The van der Waals surface area contributed by atoms with E-state index >= 15 is 0 Å². The van der Waals surface area contributed by atoms with Crippen LogP contribution in [0.5, 0.6) is 0 Å². The summed E-state index contributed by atoms with van der Waals surface area (Å²) in [6, 6.07) is 10.5. The number of unbranched alkanes of at least 4 members (excludes halogenated alkanes) is 1. The summed E-state index contributed by atoms with van der Waals surface area (Å²) in [5, 5.41) is 3.13. The van der Waals surface area contributed by atoms with E-state index in [1.807, 2.05) is 23.1 Å². The summed E-state index contributed by atoms with van der Waals surface area (Å²) in [5.41, 5.74) is 0.875. The van der Waals surface area contributed by atoms with Gasteiger partial charge in [-0.15, -0.1) is 0 Å². The quantitative estimate of drug-likeness (QED) is 0.861. The Hall–Kier alpha value is -1.84. The number of rotatable bonds is 6. The van der Waals surface area contributed by atoms with Gasteiger partial charge in [0.25, 0.3) is 0 Å². The van der Waals surface area contributed by atoms with Crippen LogP contribution >= 0.6 is 0 Å². The van der Waals surface area contributed by atoms with Crippen LogP contribution in [-0.4, -0.2) is 35.8 Å². The molecule has 25 heavy (non-hydrogen) atoms. The first-order valence-electron chi connectivity index (χ1n) is 9.80. The first kappa shape index (κ1) is 18.0. The Morgan fingerprint density at radius 1 is 1.16 bits per heavy atom. The average molecular weight is 342 g/mol. The highest BCUT2D eigenvalue weighted by atomic mass is 16.2. The van der Waals surface area contributed by atoms with Crippen LogP contribution in [0.3, 0.4) is 0 Å². The number of amides is 2. The van der Waals surface area contributed by atoms with E-state index in [4.69, 9.17) is 0 Å². The second-order valence-electron chi connectivity index (χ2n) is 7.54. The molecule has 1 aromatic carbocycles. The number of hydrogen-bond donors (Lipinski definition) is 1. The third-order valence-electron chi connectivity index (χ3n) is 5.85. The molecule has 4 nitrogen and oxygen atoms in total. The van der Waals surface area contributed by atoms with Gasteiger partial charge < -0.3 is 10.2 Å². The Morgan fingerprint density at radius 2 is 1.84 bits per heavy atom. The van der Waals surface area contributed by atoms with Crippen LogP contribution in [0, 0.1) is 0 Å². The molecular weight excluding hydrogens is 312 g/mol. The number of carbonyl (C=O) groups excluding carboxylic acids is 2. The van der Waals surface area contributed by atoms with Gasteiger partial charge in [0, 0.05) is 25.6 Å². The van der Waals surface area contributed by atoms with E-state index in [1.165, 1.54) is 5.56 Å². The van der Waals surface area contributed by atoms with E-state index in [0.717, 1.165) is 58.0 Å². The molecule has 1 aliphatic heterocycles. The number of hydrogen-bond acceptors (Lipinski definition) is 2. The fourth-order valence-corrected chi connectivity index (χ4v) is 4.08. The minimum absolute atomic E-state index is 0.159. The van der Waals surface area contributed by atoms with Crippen molar-refractivity contribution >= 4 is 11.8 Å². The Balaban J connectivity index is 1.56. The molecule has 136 valence electrons. The standard InChI is InChI=1S/C21H30N2O2/c1-2-3-10-19(24)22-18-11-15-23(16-12-18)20(25)21(13-7-14-21)17-8-5-4-6-9-17/h4-6,8-9,18H,2-3,7,10-16H2,1H3,(H,22,24). The van der Waals surface area contributed by atoms with E-state index in [2.05, 4.69) is 24.4 Å². The van der Waals surface area contributed by atoms with Crippen molar-refractivity contribution in [3.8, 4) is 0 Å². The van der Waals surface area contributed by atoms with Crippen molar-refractivity contribution in [3.63, 3.8) is 0 Å². The van der Waals surface area contributed by atoms with Crippen molar-refractivity contribution in [1.82, 2.24) is 10.2 Å². The first-order chi connectivity index (χ1) is 12.2. The van der Waals surface area contributed by atoms with Crippen LogP contribution < -0.4 is 5.32 Å². The summed E-state index contributed by atoms with van der Waals surface area (Å²) in [6.45, 7) is 3.61. The molecule has 1 N–H and O–H groups in total. The average Bonchev–Trinajstić information content (AvgIpc) is 2.60. The van der Waals surface area contributed by atoms with E-state index < -0.39 is 0 Å². The summed E-state index contributed by atoms with van der Waals surface area (Å²) >= 11 is 0. The normalized spacial score (nSPS) is 20.0. The molecule has 2 amide bonds. The molecule has 0 aromatic heterocycles. The van der Waals surface area contributed by atoms with Crippen molar-refractivity contribution in [3.05, 3.63) is 35.9 Å². The van der Waals surface area contributed by atoms with Crippen molar-refractivity contribution in [2.24, 2.45) is 0 Å². The number of nitrogens with one attached hydrogen (secondary N) is 1. The van der Waals surface area contributed by atoms with Gasteiger partial charge in [-0.2, -0.15) is 0 Å². The molecule has 0 radical (unpaired) electrons. The second kappa shape index (κ2) is 8.03. The third-order valence-corrected chi connectivity index (χ3v) is 5.85. The van der Waals surface area contributed by atoms with Crippen LogP contribution in [0.4, 0.5) is 0 Å². The topological polar surface area (TPSA) is 49.4 Å². The van der Waals surface area contributed by atoms with Gasteiger partial charge in [-0.1, -0.05) is 50.1 Å². The number of carbonyl (C=O) groups is 2. The maximum Gasteiger partial charge on any atom is 0.233 e. The zero-order valence-electron chi connectivity index (χ0n) is 15.3. The summed E-state index contributed by atoms with van der Waals surface area (Å²) in [7, 11) is 0. The Bertz CT molecular complexity index is 587. The van der Waals surface area contributed by atoms with Gasteiger partial charge in [-0.3, -0.25) is 9.59 Å². The molecular formula is C21H30N2O2. The Labute approximate surface area is 151 Å². The molecule has 1 saturated heterocycles. The lowest BCUT2D eigenvalue weighted by atomic mass is 9.63. The van der Waals surface area contributed by atoms with E-state index in [9.17, 15) is 9.59 Å². The number of benzene rings is 1. The van der Waals surface area contributed by atoms with Crippen LogP contribution in [-0.2, 0) is 15.0 Å². The van der Waals surface area contributed by atoms with Crippen LogP contribution in [0.15, 0.2) is 30.3 Å². The zero-order valence-corrected chi connectivity index (χ0v) is 15.3. The first-order valence-corrected chi connectivity index (χ1v) is 9.80.